The quantitative estimate of drug-likeness (QED) is 0.770. The molecule has 0 atom stereocenters. The Morgan fingerprint density at radius 1 is 1.15 bits per heavy atom. The van der Waals surface area contributed by atoms with E-state index in [1.807, 2.05) is 12.1 Å². The van der Waals surface area contributed by atoms with Crippen molar-refractivity contribution in [1.82, 2.24) is 8.75 Å². The summed E-state index contributed by atoms with van der Waals surface area (Å²) in [5.41, 5.74) is 6.44. The minimum atomic E-state index is 0.676. The molecule has 102 valence electrons. The lowest BCUT2D eigenvalue weighted by molar-refractivity contribution is 1.11. The largest absolute Gasteiger partial charge is 0.378 e. The molecule has 0 unspecified atom stereocenters. The van der Waals surface area contributed by atoms with Gasteiger partial charge in [0.25, 0.3) is 0 Å². The van der Waals surface area contributed by atoms with Gasteiger partial charge in [-0.1, -0.05) is 29.8 Å². The van der Waals surface area contributed by atoms with E-state index < -0.39 is 0 Å². The predicted molar refractivity (Wildman–Crippen MR) is 85.7 cm³/mol. The number of fused-ring (bicyclic) bond motifs is 1. The molecule has 0 fully saturated rings. The molecule has 0 aliphatic heterocycles. The molecule has 0 spiro atoms. The Bertz CT molecular complexity index is 767. The summed E-state index contributed by atoms with van der Waals surface area (Å²) in [4.78, 5) is 0. The highest BCUT2D eigenvalue weighted by Crippen LogP contribution is 2.30. The van der Waals surface area contributed by atoms with E-state index in [0.29, 0.717) is 5.02 Å². The van der Waals surface area contributed by atoms with E-state index in [1.165, 1.54) is 28.4 Å². The average molecular weight is 304 g/mol. The number of nitrogens with one attached hydrogen (secondary N) is 1. The maximum Gasteiger partial charge on any atom is 0.129 e. The summed E-state index contributed by atoms with van der Waals surface area (Å²) < 4.78 is 8.55. The summed E-state index contributed by atoms with van der Waals surface area (Å²) in [6, 6.07) is 10.1. The van der Waals surface area contributed by atoms with Gasteiger partial charge in [-0.25, -0.2) is 0 Å². The van der Waals surface area contributed by atoms with E-state index in [1.54, 1.807) is 0 Å². The van der Waals surface area contributed by atoms with Gasteiger partial charge in [0.1, 0.15) is 11.0 Å². The number of anilines is 1. The first-order valence-electron chi connectivity index (χ1n) is 6.36. The van der Waals surface area contributed by atoms with E-state index in [9.17, 15) is 0 Å². The van der Waals surface area contributed by atoms with Crippen molar-refractivity contribution in [3.63, 3.8) is 0 Å². The van der Waals surface area contributed by atoms with Crippen molar-refractivity contribution >= 4 is 40.0 Å². The van der Waals surface area contributed by atoms with Gasteiger partial charge in [0.15, 0.2) is 0 Å². The minimum Gasteiger partial charge on any atom is -0.378 e. The highest BCUT2D eigenvalue weighted by Gasteiger charge is 2.10. The first kappa shape index (κ1) is 13.3. The maximum atomic E-state index is 6.27. The van der Waals surface area contributed by atoms with Crippen molar-refractivity contribution < 1.29 is 0 Å². The number of hydrogen-bond acceptors (Lipinski definition) is 4. The SMILES string of the molecule is Cc1cccc(CNc2c(Cl)ccc3nsnc23)c1C. The molecule has 3 rings (SSSR count). The van der Waals surface area contributed by atoms with Crippen LogP contribution in [-0.4, -0.2) is 8.75 Å². The van der Waals surface area contributed by atoms with Crippen LogP contribution in [-0.2, 0) is 6.54 Å². The summed E-state index contributed by atoms with van der Waals surface area (Å²) in [5.74, 6) is 0. The van der Waals surface area contributed by atoms with Crippen LogP contribution < -0.4 is 5.32 Å². The molecule has 0 amide bonds. The molecule has 2 aromatic carbocycles. The van der Waals surface area contributed by atoms with Gasteiger partial charge in [-0.15, -0.1) is 0 Å². The Labute approximate surface area is 126 Å². The smallest absolute Gasteiger partial charge is 0.129 e. The van der Waals surface area contributed by atoms with E-state index in [-0.39, 0.29) is 0 Å². The number of nitrogens with zero attached hydrogens (tertiary/aromatic N) is 2. The number of aryl methyl sites for hydroxylation is 1. The molecule has 1 heterocycles. The summed E-state index contributed by atoms with van der Waals surface area (Å²) in [7, 11) is 0. The molecule has 20 heavy (non-hydrogen) atoms. The fraction of sp³-hybridized carbons (Fsp3) is 0.200. The third-order valence-corrected chi connectivity index (χ3v) is 4.41. The molecule has 0 radical (unpaired) electrons. The lowest BCUT2D eigenvalue weighted by Gasteiger charge is -2.12. The van der Waals surface area contributed by atoms with Crippen molar-refractivity contribution in [3.05, 3.63) is 52.0 Å². The van der Waals surface area contributed by atoms with Crippen LogP contribution in [0.5, 0.6) is 0 Å². The van der Waals surface area contributed by atoms with Gasteiger partial charge < -0.3 is 5.32 Å². The van der Waals surface area contributed by atoms with Crippen LogP contribution in [0.25, 0.3) is 11.0 Å². The third kappa shape index (κ3) is 2.37. The topological polar surface area (TPSA) is 37.8 Å². The van der Waals surface area contributed by atoms with Crippen molar-refractivity contribution in [2.45, 2.75) is 20.4 Å². The van der Waals surface area contributed by atoms with E-state index in [4.69, 9.17) is 11.6 Å². The Kier molecular flexibility index (Phi) is 3.59. The number of hydrogen-bond donors (Lipinski definition) is 1. The maximum absolute atomic E-state index is 6.27. The van der Waals surface area contributed by atoms with Crippen molar-refractivity contribution in [3.8, 4) is 0 Å². The molecule has 0 aliphatic carbocycles. The van der Waals surface area contributed by atoms with Gasteiger partial charge in [-0.05, 0) is 42.7 Å². The van der Waals surface area contributed by atoms with Crippen LogP contribution >= 0.6 is 23.3 Å². The lowest BCUT2D eigenvalue weighted by atomic mass is 10.0. The van der Waals surface area contributed by atoms with Crippen molar-refractivity contribution in [1.29, 1.82) is 0 Å². The number of aromatic nitrogens is 2. The van der Waals surface area contributed by atoms with E-state index >= 15 is 0 Å². The van der Waals surface area contributed by atoms with Crippen LogP contribution in [0.4, 0.5) is 5.69 Å². The highest BCUT2D eigenvalue weighted by atomic mass is 35.5. The molecule has 1 aromatic heterocycles. The highest BCUT2D eigenvalue weighted by molar-refractivity contribution is 7.00. The zero-order chi connectivity index (χ0) is 14.1. The number of halogens is 1. The Morgan fingerprint density at radius 2 is 2.00 bits per heavy atom. The van der Waals surface area contributed by atoms with E-state index in [0.717, 1.165) is 23.3 Å². The fourth-order valence-corrected chi connectivity index (χ4v) is 2.94. The summed E-state index contributed by atoms with van der Waals surface area (Å²) in [6.07, 6.45) is 0. The monoisotopic (exact) mass is 303 g/mol. The molecule has 5 heteroatoms. The first-order valence-corrected chi connectivity index (χ1v) is 7.47. The third-order valence-electron chi connectivity index (χ3n) is 3.55. The second kappa shape index (κ2) is 5.38. The number of benzene rings is 2. The van der Waals surface area contributed by atoms with Crippen LogP contribution in [0, 0.1) is 13.8 Å². The molecule has 0 saturated heterocycles. The lowest BCUT2D eigenvalue weighted by Crippen LogP contribution is -2.03. The van der Waals surface area contributed by atoms with Crippen LogP contribution in [0.3, 0.4) is 0 Å². The molecule has 0 saturated carbocycles. The zero-order valence-corrected chi connectivity index (χ0v) is 12.8. The first-order chi connectivity index (χ1) is 9.66. The van der Waals surface area contributed by atoms with Crippen LogP contribution in [0.15, 0.2) is 30.3 Å². The fourth-order valence-electron chi connectivity index (χ4n) is 2.18. The molecular weight excluding hydrogens is 290 g/mol. The number of rotatable bonds is 3. The van der Waals surface area contributed by atoms with Crippen molar-refractivity contribution in [2.24, 2.45) is 0 Å². The zero-order valence-electron chi connectivity index (χ0n) is 11.3. The van der Waals surface area contributed by atoms with Gasteiger partial charge in [-0.2, -0.15) is 8.75 Å². The van der Waals surface area contributed by atoms with Gasteiger partial charge >= 0.3 is 0 Å². The van der Waals surface area contributed by atoms with Gasteiger partial charge in [0.05, 0.1) is 22.4 Å². The van der Waals surface area contributed by atoms with Crippen LogP contribution in [0.2, 0.25) is 5.02 Å². The minimum absolute atomic E-state index is 0.676. The molecule has 1 N–H and O–H groups in total. The van der Waals surface area contributed by atoms with Gasteiger partial charge in [0, 0.05) is 6.54 Å². The van der Waals surface area contributed by atoms with E-state index in [2.05, 4.69) is 46.1 Å². The molecular formula is C15H14ClN3S. The second-order valence-corrected chi connectivity index (χ2v) is 5.70. The summed E-state index contributed by atoms with van der Waals surface area (Å²) in [6.45, 7) is 4.99. The Hall–Kier alpha value is -1.65. The Morgan fingerprint density at radius 3 is 2.85 bits per heavy atom. The second-order valence-electron chi connectivity index (χ2n) is 4.77. The molecule has 0 bridgehead atoms. The van der Waals surface area contributed by atoms with Gasteiger partial charge in [0.2, 0.25) is 0 Å². The molecule has 0 aliphatic rings. The molecule has 3 aromatic rings. The average Bonchev–Trinajstić information content (AvgIpc) is 2.90. The van der Waals surface area contributed by atoms with Crippen LogP contribution in [0.1, 0.15) is 16.7 Å². The normalized spacial score (nSPS) is 10.9. The Balaban J connectivity index is 1.92. The molecule has 3 nitrogen and oxygen atoms in total. The summed E-state index contributed by atoms with van der Waals surface area (Å²) >= 11 is 7.48. The van der Waals surface area contributed by atoms with Crippen molar-refractivity contribution in [2.75, 3.05) is 5.32 Å². The summed E-state index contributed by atoms with van der Waals surface area (Å²) in [5, 5.41) is 4.08. The predicted octanol–water partition coefficient (Wildman–Crippen LogP) is 4.57. The standard InChI is InChI=1S/C15H14ClN3S/c1-9-4-3-5-11(10(9)2)8-17-14-12(16)6-7-13-15(14)19-20-18-13/h3-7,17H,8H2,1-2H3. The van der Waals surface area contributed by atoms with Gasteiger partial charge in [-0.3, -0.25) is 0 Å².